The van der Waals surface area contributed by atoms with Crippen molar-refractivity contribution in [1.29, 1.82) is 0 Å². The molecule has 32 heavy (non-hydrogen) atoms. The van der Waals surface area contributed by atoms with Crippen LogP contribution in [-0.4, -0.2) is 12.1 Å². The second-order valence-corrected chi connectivity index (χ2v) is 9.81. The molecule has 0 aromatic rings. The third-order valence-corrected chi connectivity index (χ3v) is 6.63. The summed E-state index contributed by atoms with van der Waals surface area (Å²) in [5.74, 6) is -0.165. The van der Waals surface area contributed by atoms with Gasteiger partial charge in [0, 0.05) is 6.42 Å². The molecular weight excluding hydrogens is 392 g/mol. The lowest BCUT2D eigenvalue weighted by Crippen LogP contribution is -2.15. The predicted octanol–water partition coefficient (Wildman–Crippen LogP) is 9.94. The highest BCUT2D eigenvalue weighted by Gasteiger charge is 2.16. The highest BCUT2D eigenvalue weighted by atomic mass is 16.1. The molecule has 0 fully saturated rings. The minimum absolute atomic E-state index is 0.181. The number of hydrogen-bond acceptors (Lipinski definition) is 2. The quantitative estimate of drug-likeness (QED) is 0.0571. The number of rotatable bonds is 26. The first kappa shape index (κ1) is 31.1. The van der Waals surface area contributed by atoms with E-state index in [2.05, 4.69) is 26.0 Å². The van der Waals surface area contributed by atoms with E-state index >= 15 is 0 Å². The van der Waals surface area contributed by atoms with Crippen LogP contribution in [0.4, 0.5) is 0 Å². The summed E-state index contributed by atoms with van der Waals surface area (Å²) in [6.45, 7) is 4.52. The Kier molecular flexibility index (Phi) is 25.6. The monoisotopic (exact) mass is 448 g/mol. The Morgan fingerprint density at radius 3 is 1.44 bits per heavy atom. The second-order valence-electron chi connectivity index (χ2n) is 9.81. The van der Waals surface area contributed by atoms with Gasteiger partial charge in [0.25, 0.3) is 0 Å². The molecule has 0 aliphatic carbocycles. The van der Waals surface area contributed by atoms with Gasteiger partial charge in [0.1, 0.15) is 12.1 Å². The maximum absolute atomic E-state index is 12.3. The molecule has 0 bridgehead atoms. The molecule has 0 amide bonds. The van der Waals surface area contributed by atoms with Gasteiger partial charge in [-0.2, -0.15) is 0 Å². The fraction of sp³-hybridized carbons (Fsp3) is 0.867. The number of aldehydes is 1. The van der Waals surface area contributed by atoms with Crippen molar-refractivity contribution in [3.8, 4) is 0 Å². The number of Topliss-reactive ketones (excluding diaryl/α,β-unsaturated/α-hetero) is 1. The summed E-state index contributed by atoms with van der Waals surface area (Å²) in [5, 5.41) is 0. The fourth-order valence-corrected chi connectivity index (χ4v) is 4.36. The first-order chi connectivity index (χ1) is 15.8. The standard InChI is InChI=1S/C30H56O2/c1-3-5-7-9-11-13-14-15-16-17-19-20-22-24-26-29(28-31)30(32)27-25-23-21-18-12-10-8-6-4-2/h15-16,28-29H,3-14,17-27H2,1-2H3/b16-15-. The van der Waals surface area contributed by atoms with Crippen molar-refractivity contribution in [2.45, 2.75) is 162 Å². The number of carbonyl (C=O) groups is 2. The number of carbonyl (C=O) groups excluding carboxylic acids is 2. The lowest BCUT2D eigenvalue weighted by molar-refractivity contribution is -0.127. The Bertz CT molecular complexity index is 427. The Morgan fingerprint density at radius 1 is 0.562 bits per heavy atom. The second kappa shape index (κ2) is 26.3. The van der Waals surface area contributed by atoms with E-state index < -0.39 is 0 Å². The van der Waals surface area contributed by atoms with Gasteiger partial charge in [0.05, 0.1) is 5.92 Å². The minimum Gasteiger partial charge on any atom is -0.303 e. The van der Waals surface area contributed by atoms with Crippen LogP contribution in [0.25, 0.3) is 0 Å². The van der Waals surface area contributed by atoms with Crippen LogP contribution in [0.1, 0.15) is 162 Å². The van der Waals surface area contributed by atoms with Gasteiger partial charge >= 0.3 is 0 Å². The fourth-order valence-electron chi connectivity index (χ4n) is 4.36. The van der Waals surface area contributed by atoms with Gasteiger partial charge in [0.2, 0.25) is 0 Å². The van der Waals surface area contributed by atoms with Crippen LogP contribution in [0.15, 0.2) is 12.2 Å². The zero-order valence-corrected chi connectivity index (χ0v) is 21.9. The maximum atomic E-state index is 12.3. The molecule has 1 atom stereocenters. The van der Waals surface area contributed by atoms with Crippen LogP contribution in [0, 0.1) is 5.92 Å². The first-order valence-corrected chi connectivity index (χ1v) is 14.4. The molecule has 0 radical (unpaired) electrons. The van der Waals surface area contributed by atoms with Crippen molar-refractivity contribution in [3.63, 3.8) is 0 Å². The molecule has 0 heterocycles. The number of ketones is 1. The van der Waals surface area contributed by atoms with Crippen LogP contribution < -0.4 is 0 Å². The molecule has 0 spiro atoms. The van der Waals surface area contributed by atoms with Crippen molar-refractivity contribution in [2.24, 2.45) is 5.92 Å². The van der Waals surface area contributed by atoms with E-state index in [1.165, 1.54) is 109 Å². The summed E-state index contributed by atoms with van der Waals surface area (Å²) in [6.07, 6.45) is 33.5. The molecule has 188 valence electrons. The molecule has 0 saturated carbocycles. The van der Waals surface area contributed by atoms with Crippen molar-refractivity contribution in [2.75, 3.05) is 0 Å². The molecule has 1 unspecified atom stereocenters. The van der Waals surface area contributed by atoms with Crippen molar-refractivity contribution in [3.05, 3.63) is 12.2 Å². The Hall–Kier alpha value is -0.920. The van der Waals surface area contributed by atoms with Crippen LogP contribution in [-0.2, 0) is 9.59 Å². The molecule has 0 aromatic heterocycles. The van der Waals surface area contributed by atoms with Crippen LogP contribution in [0.3, 0.4) is 0 Å². The zero-order chi connectivity index (χ0) is 23.5. The van der Waals surface area contributed by atoms with Crippen molar-refractivity contribution >= 4 is 12.1 Å². The van der Waals surface area contributed by atoms with Gasteiger partial charge in [-0.15, -0.1) is 0 Å². The molecule has 0 aromatic carbocycles. The topological polar surface area (TPSA) is 34.1 Å². The van der Waals surface area contributed by atoms with Crippen molar-refractivity contribution < 1.29 is 9.59 Å². The zero-order valence-electron chi connectivity index (χ0n) is 21.9. The van der Waals surface area contributed by atoms with E-state index in [-0.39, 0.29) is 11.7 Å². The highest BCUT2D eigenvalue weighted by molar-refractivity contribution is 5.93. The van der Waals surface area contributed by atoms with E-state index in [9.17, 15) is 9.59 Å². The van der Waals surface area contributed by atoms with Crippen LogP contribution in [0.2, 0.25) is 0 Å². The largest absolute Gasteiger partial charge is 0.303 e. The Labute approximate surface area is 201 Å². The molecule has 2 heteroatoms. The average Bonchev–Trinajstić information content (AvgIpc) is 2.80. The normalized spacial score (nSPS) is 12.4. The molecule has 0 aliphatic rings. The average molecular weight is 449 g/mol. The smallest absolute Gasteiger partial charge is 0.143 e. The predicted molar refractivity (Wildman–Crippen MR) is 141 cm³/mol. The maximum Gasteiger partial charge on any atom is 0.143 e. The lowest BCUT2D eigenvalue weighted by Gasteiger charge is -2.09. The summed E-state index contributed by atoms with van der Waals surface area (Å²) in [5.41, 5.74) is 0. The molecule has 0 saturated heterocycles. The van der Waals surface area contributed by atoms with Gasteiger partial charge in [-0.1, -0.05) is 129 Å². The summed E-state index contributed by atoms with van der Waals surface area (Å²) >= 11 is 0. The molecule has 0 rings (SSSR count). The van der Waals surface area contributed by atoms with Gasteiger partial charge < -0.3 is 4.79 Å². The summed E-state index contributed by atoms with van der Waals surface area (Å²) in [6, 6.07) is 0. The first-order valence-electron chi connectivity index (χ1n) is 14.4. The molecular formula is C30H56O2. The van der Waals surface area contributed by atoms with Gasteiger partial charge in [-0.05, 0) is 38.5 Å². The highest BCUT2D eigenvalue weighted by Crippen LogP contribution is 2.16. The van der Waals surface area contributed by atoms with Crippen LogP contribution >= 0.6 is 0 Å². The number of hydrogen-bond donors (Lipinski definition) is 0. The third-order valence-electron chi connectivity index (χ3n) is 6.63. The van der Waals surface area contributed by atoms with E-state index in [4.69, 9.17) is 0 Å². The van der Waals surface area contributed by atoms with Gasteiger partial charge in [0.15, 0.2) is 0 Å². The van der Waals surface area contributed by atoms with Crippen LogP contribution in [0.5, 0.6) is 0 Å². The summed E-state index contributed by atoms with van der Waals surface area (Å²) in [4.78, 5) is 23.6. The molecule has 2 nitrogen and oxygen atoms in total. The van der Waals surface area contributed by atoms with E-state index in [1.807, 2.05) is 0 Å². The minimum atomic E-state index is -0.346. The van der Waals surface area contributed by atoms with Gasteiger partial charge in [-0.3, -0.25) is 4.79 Å². The lowest BCUT2D eigenvalue weighted by atomic mass is 9.94. The Balaban J connectivity index is 3.51. The van der Waals surface area contributed by atoms with Gasteiger partial charge in [-0.25, -0.2) is 0 Å². The van der Waals surface area contributed by atoms with E-state index in [0.717, 1.165) is 38.4 Å². The van der Waals surface area contributed by atoms with E-state index in [1.54, 1.807) is 0 Å². The molecule has 0 N–H and O–H groups in total. The SMILES string of the molecule is CCCCCCCC/C=C\CCCCCCC(C=O)C(=O)CCCCCCCCCCC. The van der Waals surface area contributed by atoms with Crippen molar-refractivity contribution in [1.82, 2.24) is 0 Å². The summed E-state index contributed by atoms with van der Waals surface area (Å²) < 4.78 is 0. The molecule has 0 aliphatic heterocycles. The number of unbranched alkanes of at least 4 members (excludes halogenated alkanes) is 18. The summed E-state index contributed by atoms with van der Waals surface area (Å²) in [7, 11) is 0. The third kappa shape index (κ3) is 22.3. The number of allylic oxidation sites excluding steroid dienone is 2. The van der Waals surface area contributed by atoms with E-state index in [0.29, 0.717) is 6.42 Å². The Morgan fingerprint density at radius 2 is 0.969 bits per heavy atom.